The maximum atomic E-state index is 12.8. The monoisotopic (exact) mass is 339 g/mol. The van der Waals surface area contributed by atoms with Crippen molar-refractivity contribution in [1.29, 1.82) is 0 Å². The highest BCUT2D eigenvalue weighted by Crippen LogP contribution is 2.27. The zero-order chi connectivity index (χ0) is 17.6. The Hall–Kier alpha value is -2.82. The average Bonchev–Trinajstić information content (AvgIpc) is 2.67. The predicted octanol–water partition coefficient (Wildman–Crippen LogP) is 3.28. The summed E-state index contributed by atoms with van der Waals surface area (Å²) in [6.07, 6.45) is 3.44. The summed E-state index contributed by atoms with van der Waals surface area (Å²) in [5.74, 6) is 0.237. The lowest BCUT2D eigenvalue weighted by Crippen LogP contribution is -2.46. The van der Waals surface area contributed by atoms with E-state index in [4.69, 9.17) is 4.74 Å². The zero-order valence-corrected chi connectivity index (χ0v) is 13.9. The van der Waals surface area contributed by atoms with Crippen molar-refractivity contribution in [2.75, 3.05) is 13.2 Å². The lowest BCUT2D eigenvalue weighted by atomic mass is 10.0. The van der Waals surface area contributed by atoms with E-state index in [0.717, 1.165) is 19.3 Å². The van der Waals surface area contributed by atoms with Crippen molar-refractivity contribution in [2.24, 2.45) is 0 Å². The zero-order valence-electron chi connectivity index (χ0n) is 13.9. The smallest absolute Gasteiger partial charge is 0.254 e. The number of ether oxygens (including phenoxy) is 1. The first-order valence-electron chi connectivity index (χ1n) is 8.46. The number of amides is 1. The van der Waals surface area contributed by atoms with Gasteiger partial charge in [-0.05, 0) is 43.5 Å². The predicted molar refractivity (Wildman–Crippen MR) is 94.1 cm³/mol. The maximum absolute atomic E-state index is 12.8. The molecule has 1 aliphatic rings. The van der Waals surface area contributed by atoms with E-state index in [0.29, 0.717) is 30.8 Å². The molecule has 1 fully saturated rings. The van der Waals surface area contributed by atoms with E-state index >= 15 is 0 Å². The van der Waals surface area contributed by atoms with Crippen LogP contribution in [0.2, 0.25) is 0 Å². The summed E-state index contributed by atoms with van der Waals surface area (Å²) in [6, 6.07) is 13.9. The van der Waals surface area contributed by atoms with Crippen LogP contribution in [0.25, 0.3) is 0 Å². The number of hydrogen-bond donors (Lipinski definition) is 1. The van der Waals surface area contributed by atoms with Crippen LogP contribution in [0.15, 0.2) is 48.5 Å². The molecule has 0 aromatic heterocycles. The molecule has 0 saturated carbocycles. The van der Waals surface area contributed by atoms with Crippen LogP contribution in [0.1, 0.15) is 40.0 Å². The third-order valence-corrected chi connectivity index (χ3v) is 4.50. The lowest BCUT2D eigenvalue weighted by Gasteiger charge is -2.35. The van der Waals surface area contributed by atoms with Crippen LogP contribution in [0.5, 0.6) is 11.5 Å². The van der Waals surface area contributed by atoms with Crippen molar-refractivity contribution >= 4 is 12.2 Å². The second kappa shape index (κ2) is 7.83. The summed E-state index contributed by atoms with van der Waals surface area (Å²) in [7, 11) is 0. The summed E-state index contributed by atoms with van der Waals surface area (Å²) in [5.41, 5.74) is 0.805. The third-order valence-electron chi connectivity index (χ3n) is 4.50. The highest BCUT2D eigenvalue weighted by atomic mass is 16.5. The molecule has 5 heteroatoms. The molecule has 25 heavy (non-hydrogen) atoms. The Balaban J connectivity index is 1.73. The number of hydrogen-bond acceptors (Lipinski definition) is 4. The summed E-state index contributed by atoms with van der Waals surface area (Å²) in [6.45, 7) is 0.991. The minimum atomic E-state index is -0.103. The second-order valence-electron chi connectivity index (χ2n) is 6.13. The normalized spacial score (nSPS) is 17.1. The SMILES string of the molecule is O=Cc1c(O)cccc1OCC1CCCCN1C(=O)c1ccccc1. The molecule has 3 rings (SSSR count). The number of rotatable bonds is 5. The number of benzene rings is 2. The van der Waals surface area contributed by atoms with Gasteiger partial charge >= 0.3 is 0 Å². The van der Waals surface area contributed by atoms with Crippen LogP contribution in [0.4, 0.5) is 0 Å². The number of aromatic hydroxyl groups is 1. The minimum absolute atomic E-state index is 0.000389. The standard InChI is InChI=1S/C20H21NO4/c22-13-17-18(23)10-6-11-19(17)25-14-16-9-4-5-12-21(16)20(24)15-7-2-1-3-8-15/h1-3,6-8,10-11,13,16,23H,4-5,9,12,14H2. The van der Waals surface area contributed by atoms with Crippen molar-refractivity contribution in [2.45, 2.75) is 25.3 Å². The number of nitrogens with zero attached hydrogens (tertiary/aromatic N) is 1. The van der Waals surface area contributed by atoms with E-state index in [1.165, 1.54) is 6.07 Å². The van der Waals surface area contributed by atoms with Gasteiger partial charge in [0.15, 0.2) is 6.29 Å². The van der Waals surface area contributed by atoms with Crippen molar-refractivity contribution in [1.82, 2.24) is 4.90 Å². The van der Waals surface area contributed by atoms with Gasteiger partial charge in [0.1, 0.15) is 18.1 Å². The Labute approximate surface area is 146 Å². The van der Waals surface area contributed by atoms with Gasteiger partial charge in [-0.1, -0.05) is 24.3 Å². The Kier molecular flexibility index (Phi) is 5.33. The molecule has 5 nitrogen and oxygen atoms in total. The van der Waals surface area contributed by atoms with Gasteiger partial charge < -0.3 is 14.7 Å². The molecule has 130 valence electrons. The first-order chi connectivity index (χ1) is 12.2. The molecule has 0 spiro atoms. The van der Waals surface area contributed by atoms with Gasteiger partial charge in [-0.2, -0.15) is 0 Å². The number of piperidine rings is 1. The molecule has 1 atom stereocenters. The maximum Gasteiger partial charge on any atom is 0.254 e. The number of likely N-dealkylation sites (tertiary alicyclic amines) is 1. The summed E-state index contributed by atoms with van der Waals surface area (Å²) in [5, 5.41) is 9.74. The van der Waals surface area contributed by atoms with Gasteiger partial charge in [-0.15, -0.1) is 0 Å². The molecular formula is C20H21NO4. The highest BCUT2D eigenvalue weighted by molar-refractivity contribution is 5.94. The molecule has 2 aromatic rings. The number of carbonyl (C=O) groups excluding carboxylic acids is 2. The van der Waals surface area contributed by atoms with Gasteiger partial charge in [-0.25, -0.2) is 0 Å². The lowest BCUT2D eigenvalue weighted by molar-refractivity contribution is 0.0527. The number of phenolic OH excluding ortho intramolecular Hbond substituents is 1. The van der Waals surface area contributed by atoms with E-state index < -0.39 is 0 Å². The van der Waals surface area contributed by atoms with Gasteiger partial charge in [0.2, 0.25) is 0 Å². The summed E-state index contributed by atoms with van der Waals surface area (Å²) < 4.78 is 5.78. The largest absolute Gasteiger partial charge is 0.507 e. The minimum Gasteiger partial charge on any atom is -0.507 e. The van der Waals surface area contributed by atoms with Gasteiger partial charge in [0.05, 0.1) is 11.6 Å². The van der Waals surface area contributed by atoms with Crippen LogP contribution >= 0.6 is 0 Å². The molecular weight excluding hydrogens is 318 g/mol. The van der Waals surface area contributed by atoms with Crippen LogP contribution in [-0.2, 0) is 0 Å². The molecule has 1 saturated heterocycles. The molecule has 2 aromatic carbocycles. The average molecular weight is 339 g/mol. The number of aldehydes is 1. The summed E-state index contributed by atoms with van der Waals surface area (Å²) in [4.78, 5) is 25.8. The van der Waals surface area contributed by atoms with E-state index in [9.17, 15) is 14.7 Å². The molecule has 0 aliphatic carbocycles. The Morgan fingerprint density at radius 1 is 1.16 bits per heavy atom. The van der Waals surface area contributed by atoms with Crippen LogP contribution in [-0.4, -0.2) is 41.4 Å². The van der Waals surface area contributed by atoms with E-state index in [-0.39, 0.29) is 23.3 Å². The fourth-order valence-corrected chi connectivity index (χ4v) is 3.15. The molecule has 1 heterocycles. The van der Waals surface area contributed by atoms with Crippen molar-refractivity contribution in [3.63, 3.8) is 0 Å². The fourth-order valence-electron chi connectivity index (χ4n) is 3.15. The Morgan fingerprint density at radius 2 is 1.96 bits per heavy atom. The first-order valence-corrected chi connectivity index (χ1v) is 8.46. The van der Waals surface area contributed by atoms with Crippen molar-refractivity contribution in [3.05, 3.63) is 59.7 Å². The van der Waals surface area contributed by atoms with E-state index in [1.807, 2.05) is 35.2 Å². The van der Waals surface area contributed by atoms with E-state index in [2.05, 4.69) is 0 Å². The molecule has 1 amide bonds. The van der Waals surface area contributed by atoms with Crippen LogP contribution in [0, 0.1) is 0 Å². The topological polar surface area (TPSA) is 66.8 Å². The van der Waals surface area contributed by atoms with Gasteiger partial charge in [0, 0.05) is 12.1 Å². The van der Waals surface area contributed by atoms with Crippen LogP contribution in [0.3, 0.4) is 0 Å². The second-order valence-corrected chi connectivity index (χ2v) is 6.13. The number of carbonyl (C=O) groups is 2. The fraction of sp³-hybridized carbons (Fsp3) is 0.300. The highest BCUT2D eigenvalue weighted by Gasteiger charge is 2.28. The molecule has 0 radical (unpaired) electrons. The first kappa shape index (κ1) is 17.0. The molecule has 1 aliphatic heterocycles. The van der Waals surface area contributed by atoms with Gasteiger partial charge in [0.25, 0.3) is 5.91 Å². The quantitative estimate of drug-likeness (QED) is 0.849. The Morgan fingerprint density at radius 3 is 2.72 bits per heavy atom. The van der Waals surface area contributed by atoms with E-state index in [1.54, 1.807) is 12.1 Å². The van der Waals surface area contributed by atoms with Crippen molar-refractivity contribution in [3.8, 4) is 11.5 Å². The summed E-state index contributed by atoms with van der Waals surface area (Å²) >= 11 is 0. The van der Waals surface area contributed by atoms with Crippen molar-refractivity contribution < 1.29 is 19.4 Å². The molecule has 1 unspecified atom stereocenters. The number of phenols is 1. The molecule has 1 N–H and O–H groups in total. The van der Waals surface area contributed by atoms with Gasteiger partial charge in [-0.3, -0.25) is 9.59 Å². The Bertz CT molecular complexity index is 745. The molecule has 0 bridgehead atoms. The third kappa shape index (κ3) is 3.82. The van der Waals surface area contributed by atoms with Crippen LogP contribution < -0.4 is 4.74 Å².